The Morgan fingerprint density at radius 2 is 0.893 bits per heavy atom. The van der Waals surface area contributed by atoms with E-state index in [9.17, 15) is 4.79 Å². The van der Waals surface area contributed by atoms with Crippen molar-refractivity contribution >= 4 is 5.97 Å². The van der Waals surface area contributed by atoms with Gasteiger partial charge in [0.15, 0.2) is 0 Å². The van der Waals surface area contributed by atoms with Crippen LogP contribution in [0.1, 0.15) is 138 Å². The van der Waals surface area contributed by atoms with Gasteiger partial charge in [-0.1, -0.05) is 111 Å². The summed E-state index contributed by atoms with van der Waals surface area (Å²) in [5.74, 6) is -0.664. The third-order valence-electron chi connectivity index (χ3n) is 5.77. The van der Waals surface area contributed by atoms with Crippen LogP contribution in [-0.2, 0) is 4.79 Å². The number of carboxylic acid groups (broad SMARTS) is 1. The van der Waals surface area contributed by atoms with Gasteiger partial charge in [-0.3, -0.25) is 4.79 Å². The van der Waals surface area contributed by atoms with E-state index in [4.69, 9.17) is 5.11 Å². The van der Waals surface area contributed by atoms with E-state index >= 15 is 0 Å². The number of rotatable bonds is 15. The molecule has 0 radical (unpaired) electrons. The van der Waals surface area contributed by atoms with E-state index in [-0.39, 0.29) is 10.8 Å². The molecular weight excluding hydrogens is 344 g/mol. The highest BCUT2D eigenvalue weighted by Crippen LogP contribution is 2.41. The standard InChI is InChI=1S/C26H50O2/c1-8-9-10-11-13-16-19-22(25(2,3)4)23(26(5,6)7)20-17-14-12-15-18-21-24(27)28/h8-21H2,1-7H3,(H,27,28). The molecule has 0 atom stereocenters. The van der Waals surface area contributed by atoms with Crippen LogP contribution in [-0.4, -0.2) is 11.1 Å². The number of aliphatic carboxylic acids is 1. The lowest BCUT2D eigenvalue weighted by Crippen LogP contribution is -2.20. The summed E-state index contributed by atoms with van der Waals surface area (Å²) in [6.07, 6.45) is 16.4. The van der Waals surface area contributed by atoms with Crippen LogP contribution in [0.25, 0.3) is 0 Å². The fourth-order valence-corrected chi connectivity index (χ4v) is 4.15. The van der Waals surface area contributed by atoms with Crippen molar-refractivity contribution in [2.24, 2.45) is 10.8 Å². The average molecular weight is 395 g/mol. The lowest BCUT2D eigenvalue weighted by molar-refractivity contribution is -0.137. The first-order chi connectivity index (χ1) is 13.0. The van der Waals surface area contributed by atoms with Gasteiger partial charge in [0, 0.05) is 6.42 Å². The molecule has 0 rings (SSSR count). The summed E-state index contributed by atoms with van der Waals surface area (Å²) >= 11 is 0. The van der Waals surface area contributed by atoms with Crippen molar-refractivity contribution < 1.29 is 9.90 Å². The van der Waals surface area contributed by atoms with Crippen LogP contribution in [0.5, 0.6) is 0 Å². The van der Waals surface area contributed by atoms with E-state index in [1.807, 2.05) is 0 Å². The van der Waals surface area contributed by atoms with Crippen LogP contribution in [0.4, 0.5) is 0 Å². The summed E-state index contributed by atoms with van der Waals surface area (Å²) in [5, 5.41) is 8.74. The summed E-state index contributed by atoms with van der Waals surface area (Å²) in [6.45, 7) is 16.6. The number of allylic oxidation sites excluding steroid dienone is 2. The zero-order valence-electron chi connectivity index (χ0n) is 20.3. The van der Waals surface area contributed by atoms with Crippen LogP contribution < -0.4 is 0 Å². The van der Waals surface area contributed by atoms with Crippen LogP contribution in [0.2, 0.25) is 0 Å². The zero-order chi connectivity index (χ0) is 21.6. The molecule has 166 valence electrons. The molecule has 2 nitrogen and oxygen atoms in total. The topological polar surface area (TPSA) is 37.3 Å². The van der Waals surface area contributed by atoms with Crippen molar-refractivity contribution in [3.63, 3.8) is 0 Å². The maximum atomic E-state index is 10.6. The molecule has 0 aliphatic rings. The van der Waals surface area contributed by atoms with E-state index in [2.05, 4.69) is 48.5 Å². The van der Waals surface area contributed by atoms with Crippen molar-refractivity contribution in [3.05, 3.63) is 11.1 Å². The van der Waals surface area contributed by atoms with Crippen molar-refractivity contribution in [2.75, 3.05) is 0 Å². The van der Waals surface area contributed by atoms with Crippen LogP contribution in [0.3, 0.4) is 0 Å². The Kier molecular flexibility index (Phi) is 13.8. The van der Waals surface area contributed by atoms with Crippen molar-refractivity contribution in [1.82, 2.24) is 0 Å². The summed E-state index contributed by atoms with van der Waals surface area (Å²) in [7, 11) is 0. The van der Waals surface area contributed by atoms with Gasteiger partial charge in [-0.15, -0.1) is 0 Å². The first-order valence-electron chi connectivity index (χ1n) is 11.9. The van der Waals surface area contributed by atoms with Crippen molar-refractivity contribution in [1.29, 1.82) is 0 Å². The molecule has 0 saturated carbocycles. The van der Waals surface area contributed by atoms with Crippen LogP contribution >= 0.6 is 0 Å². The summed E-state index contributed by atoms with van der Waals surface area (Å²) in [6, 6.07) is 0. The molecule has 0 bridgehead atoms. The fourth-order valence-electron chi connectivity index (χ4n) is 4.15. The number of carboxylic acids is 1. The molecule has 2 heteroatoms. The van der Waals surface area contributed by atoms with Gasteiger partial charge in [0.2, 0.25) is 0 Å². The molecule has 0 amide bonds. The second-order valence-corrected chi connectivity index (χ2v) is 10.6. The predicted octanol–water partition coefficient (Wildman–Crippen LogP) is 8.94. The average Bonchev–Trinajstić information content (AvgIpc) is 2.55. The summed E-state index contributed by atoms with van der Waals surface area (Å²) < 4.78 is 0. The first kappa shape index (κ1) is 27.2. The Morgan fingerprint density at radius 3 is 1.21 bits per heavy atom. The van der Waals surface area contributed by atoms with Gasteiger partial charge in [0.05, 0.1) is 0 Å². The molecule has 0 saturated heterocycles. The maximum absolute atomic E-state index is 10.6. The summed E-state index contributed by atoms with van der Waals surface area (Å²) in [4.78, 5) is 10.6. The van der Waals surface area contributed by atoms with Crippen LogP contribution in [0.15, 0.2) is 11.1 Å². The van der Waals surface area contributed by atoms with E-state index in [0.717, 1.165) is 19.3 Å². The highest BCUT2D eigenvalue weighted by atomic mass is 16.4. The Morgan fingerprint density at radius 1 is 0.571 bits per heavy atom. The minimum atomic E-state index is -0.664. The van der Waals surface area contributed by atoms with Gasteiger partial charge in [-0.2, -0.15) is 0 Å². The minimum Gasteiger partial charge on any atom is -0.481 e. The lowest BCUT2D eigenvalue weighted by Gasteiger charge is -2.34. The normalized spacial score (nSPS) is 13.5. The molecule has 0 fully saturated rings. The number of hydrogen-bond acceptors (Lipinski definition) is 1. The molecule has 0 aromatic carbocycles. The van der Waals surface area contributed by atoms with Crippen molar-refractivity contribution in [2.45, 2.75) is 138 Å². The second kappa shape index (κ2) is 14.2. The van der Waals surface area contributed by atoms with Gasteiger partial charge < -0.3 is 5.11 Å². The van der Waals surface area contributed by atoms with Gasteiger partial charge in [-0.05, 0) is 42.9 Å². The Hall–Kier alpha value is -0.790. The highest BCUT2D eigenvalue weighted by molar-refractivity contribution is 5.66. The quantitative estimate of drug-likeness (QED) is 0.222. The number of hydrogen-bond donors (Lipinski definition) is 1. The smallest absolute Gasteiger partial charge is 0.303 e. The van der Waals surface area contributed by atoms with Crippen LogP contribution in [0, 0.1) is 10.8 Å². The van der Waals surface area contributed by atoms with E-state index in [1.165, 1.54) is 64.2 Å². The maximum Gasteiger partial charge on any atom is 0.303 e. The Bertz CT molecular complexity index is 446. The lowest BCUT2D eigenvalue weighted by atomic mass is 9.71. The highest BCUT2D eigenvalue weighted by Gasteiger charge is 2.27. The van der Waals surface area contributed by atoms with Gasteiger partial charge in [0.25, 0.3) is 0 Å². The largest absolute Gasteiger partial charge is 0.481 e. The molecule has 0 aromatic heterocycles. The van der Waals surface area contributed by atoms with Gasteiger partial charge in [0.1, 0.15) is 0 Å². The van der Waals surface area contributed by atoms with E-state index < -0.39 is 5.97 Å². The Balaban J connectivity index is 4.78. The number of unbranched alkanes of at least 4 members (excludes halogenated alkanes) is 9. The molecule has 0 aliphatic carbocycles. The fraction of sp³-hybridized carbons (Fsp3) is 0.885. The zero-order valence-corrected chi connectivity index (χ0v) is 20.3. The molecule has 0 heterocycles. The van der Waals surface area contributed by atoms with E-state index in [0.29, 0.717) is 6.42 Å². The van der Waals surface area contributed by atoms with Gasteiger partial charge >= 0.3 is 5.97 Å². The molecular formula is C26H50O2. The molecule has 0 aromatic rings. The monoisotopic (exact) mass is 394 g/mol. The SMILES string of the molecule is CCCCCCCCC(=C(CCCCCCCC(=O)O)C(C)(C)C)C(C)(C)C. The van der Waals surface area contributed by atoms with Gasteiger partial charge in [-0.25, -0.2) is 0 Å². The molecule has 1 N–H and O–H groups in total. The third-order valence-corrected chi connectivity index (χ3v) is 5.77. The molecule has 0 aliphatic heterocycles. The molecule has 0 unspecified atom stereocenters. The third kappa shape index (κ3) is 13.4. The summed E-state index contributed by atoms with van der Waals surface area (Å²) in [5.41, 5.74) is 3.85. The van der Waals surface area contributed by atoms with Crippen molar-refractivity contribution in [3.8, 4) is 0 Å². The second-order valence-electron chi connectivity index (χ2n) is 10.6. The predicted molar refractivity (Wildman–Crippen MR) is 124 cm³/mol. The first-order valence-corrected chi connectivity index (χ1v) is 11.9. The molecule has 28 heavy (non-hydrogen) atoms. The van der Waals surface area contributed by atoms with E-state index in [1.54, 1.807) is 11.1 Å². The number of carbonyl (C=O) groups is 1. The minimum absolute atomic E-state index is 0.230. The molecule has 0 spiro atoms. The Labute approximate surface area is 176 Å².